The first-order valence-electron chi connectivity index (χ1n) is 10.2. The number of halogens is 1. The highest BCUT2D eigenvalue weighted by molar-refractivity contribution is 6.30. The van der Waals surface area contributed by atoms with Gasteiger partial charge in [-0.3, -0.25) is 4.98 Å². The first-order chi connectivity index (χ1) is 16.1. The van der Waals surface area contributed by atoms with Crippen LogP contribution in [-0.4, -0.2) is 31.8 Å². The summed E-state index contributed by atoms with van der Waals surface area (Å²) in [6, 6.07) is 18.8. The Balaban J connectivity index is 1.67. The van der Waals surface area contributed by atoms with Gasteiger partial charge in [-0.2, -0.15) is 4.98 Å². The van der Waals surface area contributed by atoms with Crippen LogP contribution in [0.1, 0.15) is 5.56 Å². The van der Waals surface area contributed by atoms with Crippen molar-refractivity contribution in [1.82, 2.24) is 24.7 Å². The first-order valence-corrected chi connectivity index (χ1v) is 10.6. The van der Waals surface area contributed by atoms with E-state index in [9.17, 15) is 0 Å². The average molecular weight is 458 g/mol. The number of methoxy groups -OCH3 is 1. The molecule has 0 aliphatic heterocycles. The molecule has 0 fully saturated rings. The van der Waals surface area contributed by atoms with Crippen molar-refractivity contribution in [2.24, 2.45) is 0 Å². The van der Waals surface area contributed by atoms with Crippen LogP contribution in [0.3, 0.4) is 0 Å². The van der Waals surface area contributed by atoms with Crippen molar-refractivity contribution in [3.8, 4) is 22.7 Å². The molecule has 8 nitrogen and oxygen atoms in total. The van der Waals surface area contributed by atoms with Gasteiger partial charge < -0.3 is 15.8 Å². The van der Waals surface area contributed by atoms with E-state index in [0.29, 0.717) is 45.8 Å². The Hall–Kier alpha value is -4.17. The summed E-state index contributed by atoms with van der Waals surface area (Å²) < 4.78 is 7.23. The molecule has 0 bridgehead atoms. The number of ether oxygens (including phenoxy) is 1. The number of aromatic nitrogens is 5. The molecule has 0 unspecified atom stereocenters. The maximum Gasteiger partial charge on any atom is 0.225 e. The lowest BCUT2D eigenvalue weighted by molar-refractivity contribution is 0.416. The highest BCUT2D eigenvalue weighted by Crippen LogP contribution is 2.37. The lowest BCUT2D eigenvalue weighted by Gasteiger charge is -2.11. The molecule has 0 radical (unpaired) electrons. The number of hydrogen-bond acceptors (Lipinski definition) is 7. The summed E-state index contributed by atoms with van der Waals surface area (Å²) >= 11 is 6.05. The summed E-state index contributed by atoms with van der Waals surface area (Å²) in [5, 5.41) is 9.21. The van der Waals surface area contributed by atoms with Gasteiger partial charge in [0.2, 0.25) is 5.95 Å². The van der Waals surface area contributed by atoms with Crippen LogP contribution in [0.4, 0.5) is 11.8 Å². The van der Waals surface area contributed by atoms with E-state index >= 15 is 0 Å². The fourth-order valence-corrected chi connectivity index (χ4v) is 3.71. The van der Waals surface area contributed by atoms with Crippen LogP contribution in [0, 0.1) is 0 Å². The molecule has 0 atom stereocenters. The Morgan fingerprint density at radius 2 is 1.85 bits per heavy atom. The fraction of sp³-hybridized carbons (Fsp3) is 0.0833. The predicted octanol–water partition coefficient (Wildman–Crippen LogP) is 4.73. The highest BCUT2D eigenvalue weighted by Gasteiger charge is 2.21. The summed E-state index contributed by atoms with van der Waals surface area (Å²) in [5.74, 6) is 1.52. The van der Waals surface area contributed by atoms with Crippen LogP contribution >= 0.6 is 11.6 Å². The first kappa shape index (κ1) is 20.7. The van der Waals surface area contributed by atoms with E-state index in [4.69, 9.17) is 27.1 Å². The van der Waals surface area contributed by atoms with Gasteiger partial charge in [0.1, 0.15) is 11.6 Å². The van der Waals surface area contributed by atoms with Crippen molar-refractivity contribution in [1.29, 1.82) is 0 Å². The molecule has 5 aromatic rings. The molecular weight excluding hydrogens is 438 g/mol. The summed E-state index contributed by atoms with van der Waals surface area (Å²) in [7, 11) is 1.62. The molecule has 0 spiro atoms. The number of benzene rings is 2. The third-order valence-corrected chi connectivity index (χ3v) is 5.43. The molecule has 164 valence electrons. The number of pyridine rings is 1. The van der Waals surface area contributed by atoms with Gasteiger partial charge in [-0.1, -0.05) is 29.8 Å². The molecule has 5 rings (SSSR count). The number of nitrogens with zero attached hydrogens (tertiary/aromatic N) is 5. The third-order valence-electron chi connectivity index (χ3n) is 5.18. The lowest BCUT2D eigenvalue weighted by atomic mass is 10.1. The van der Waals surface area contributed by atoms with E-state index in [1.165, 1.54) is 0 Å². The van der Waals surface area contributed by atoms with Gasteiger partial charge in [0.15, 0.2) is 5.65 Å². The van der Waals surface area contributed by atoms with Crippen LogP contribution in [-0.2, 0) is 6.54 Å². The molecule has 0 saturated heterocycles. The van der Waals surface area contributed by atoms with E-state index in [-0.39, 0.29) is 0 Å². The van der Waals surface area contributed by atoms with Crippen LogP contribution < -0.4 is 15.8 Å². The van der Waals surface area contributed by atoms with Crippen LogP contribution in [0.15, 0.2) is 73.1 Å². The number of hydrogen-bond donors (Lipinski definition) is 2. The molecule has 0 saturated carbocycles. The topological polar surface area (TPSA) is 104 Å². The average Bonchev–Trinajstić information content (AvgIpc) is 3.19. The Morgan fingerprint density at radius 3 is 2.61 bits per heavy atom. The van der Waals surface area contributed by atoms with Crippen LogP contribution in [0.5, 0.6) is 5.75 Å². The van der Waals surface area contributed by atoms with Gasteiger partial charge in [-0.05, 0) is 48.0 Å². The van der Waals surface area contributed by atoms with Gasteiger partial charge in [0.25, 0.3) is 0 Å². The number of fused-ring (bicyclic) bond motifs is 1. The fourth-order valence-electron chi connectivity index (χ4n) is 3.59. The molecule has 9 heteroatoms. The monoisotopic (exact) mass is 457 g/mol. The summed E-state index contributed by atoms with van der Waals surface area (Å²) in [4.78, 5) is 13.6. The van der Waals surface area contributed by atoms with Gasteiger partial charge >= 0.3 is 0 Å². The van der Waals surface area contributed by atoms with E-state index in [1.807, 2.05) is 48.5 Å². The molecule has 0 aliphatic carbocycles. The number of nitrogens with one attached hydrogen (secondary N) is 1. The minimum absolute atomic E-state index is 0.423. The van der Waals surface area contributed by atoms with E-state index in [2.05, 4.69) is 20.4 Å². The molecule has 33 heavy (non-hydrogen) atoms. The zero-order valence-corrected chi connectivity index (χ0v) is 18.5. The van der Waals surface area contributed by atoms with Crippen LogP contribution in [0.25, 0.3) is 28.0 Å². The molecule has 3 heterocycles. The minimum atomic E-state index is 0.423. The van der Waals surface area contributed by atoms with Crippen LogP contribution in [0.2, 0.25) is 5.02 Å². The maximum absolute atomic E-state index is 6.57. The second-order valence-electron chi connectivity index (χ2n) is 7.28. The van der Waals surface area contributed by atoms with Crippen molar-refractivity contribution in [3.63, 3.8) is 0 Å². The Labute approximate surface area is 195 Å². The molecule has 0 aliphatic rings. The van der Waals surface area contributed by atoms with Gasteiger partial charge in [0, 0.05) is 29.5 Å². The molecule has 0 amide bonds. The summed E-state index contributed by atoms with van der Waals surface area (Å²) in [6.07, 6.45) is 3.53. The van der Waals surface area contributed by atoms with Crippen molar-refractivity contribution in [3.05, 3.63) is 83.6 Å². The van der Waals surface area contributed by atoms with Gasteiger partial charge in [0.05, 0.1) is 23.9 Å². The quantitative estimate of drug-likeness (QED) is 0.379. The largest absolute Gasteiger partial charge is 0.496 e. The number of anilines is 2. The number of nitrogen functional groups attached to an aromatic ring is 1. The van der Waals surface area contributed by atoms with E-state index in [0.717, 1.165) is 16.8 Å². The number of rotatable bonds is 6. The van der Waals surface area contributed by atoms with Crippen molar-refractivity contribution < 1.29 is 4.74 Å². The zero-order chi connectivity index (χ0) is 22.8. The Bertz CT molecular complexity index is 1420. The third kappa shape index (κ3) is 4.04. The highest BCUT2D eigenvalue weighted by atomic mass is 35.5. The molecule has 3 N–H and O–H groups in total. The minimum Gasteiger partial charge on any atom is -0.496 e. The van der Waals surface area contributed by atoms with Crippen molar-refractivity contribution in [2.45, 2.75) is 6.54 Å². The molecular formula is C24H20ClN7O. The standard InChI is InChI=1S/C24H20ClN7O/c1-33-19-7-3-2-6-18(19)21-20-22(26)32(17-10-8-16(25)9-11-17)31-23(20)30-24(29-21)28-14-15-5-4-12-27-13-15/h2-13H,14,26H2,1H3,(H,28,30,31). The van der Waals surface area contributed by atoms with E-state index in [1.54, 1.807) is 36.3 Å². The Morgan fingerprint density at radius 1 is 1.03 bits per heavy atom. The van der Waals surface area contributed by atoms with Crippen molar-refractivity contribution >= 4 is 34.4 Å². The SMILES string of the molecule is COc1ccccc1-c1nc(NCc2cccnc2)nc2nn(-c3ccc(Cl)cc3)c(N)c12. The van der Waals surface area contributed by atoms with Gasteiger partial charge in [-0.15, -0.1) is 5.10 Å². The zero-order valence-electron chi connectivity index (χ0n) is 17.7. The molecule has 2 aromatic carbocycles. The second kappa shape index (κ2) is 8.76. The smallest absolute Gasteiger partial charge is 0.225 e. The predicted molar refractivity (Wildman–Crippen MR) is 130 cm³/mol. The number of para-hydroxylation sites is 1. The maximum atomic E-state index is 6.57. The summed E-state index contributed by atoms with van der Waals surface area (Å²) in [5.41, 5.74) is 10.2. The van der Waals surface area contributed by atoms with Gasteiger partial charge in [-0.25, -0.2) is 9.67 Å². The lowest BCUT2D eigenvalue weighted by Crippen LogP contribution is -2.05. The van der Waals surface area contributed by atoms with E-state index < -0.39 is 0 Å². The Kier molecular flexibility index (Phi) is 5.50. The molecule has 3 aromatic heterocycles. The normalized spacial score (nSPS) is 11.0. The summed E-state index contributed by atoms with van der Waals surface area (Å²) in [6.45, 7) is 0.512. The second-order valence-corrected chi connectivity index (χ2v) is 7.72. The number of nitrogens with two attached hydrogens (primary N) is 1. The van der Waals surface area contributed by atoms with Crippen molar-refractivity contribution in [2.75, 3.05) is 18.2 Å².